The maximum Gasteiger partial charge on any atom is 0.235 e. The third-order valence-electron chi connectivity index (χ3n) is 4.04. The summed E-state index contributed by atoms with van der Waals surface area (Å²) >= 11 is 0. The van der Waals surface area contributed by atoms with E-state index in [-0.39, 0.29) is 6.10 Å². The number of hydrogen-bond acceptors (Lipinski definition) is 5. The Balaban J connectivity index is 2.57. The van der Waals surface area contributed by atoms with E-state index in [9.17, 15) is 4.79 Å². The molecule has 1 aromatic carbocycles. The quantitative estimate of drug-likeness (QED) is 0.595. The highest BCUT2D eigenvalue weighted by Crippen LogP contribution is 2.48. The molecule has 0 N–H and O–H groups in total. The topological polar surface area (TPSA) is 57.1 Å². The van der Waals surface area contributed by atoms with E-state index in [1.54, 1.807) is 20.3 Å². The van der Waals surface area contributed by atoms with Crippen LogP contribution in [0.15, 0.2) is 17.1 Å². The monoisotopic (exact) mass is 305 g/mol. The number of carbonyl (C=O) groups excluding carboxylic acids is 1. The van der Waals surface area contributed by atoms with Gasteiger partial charge in [-0.1, -0.05) is 12.8 Å². The van der Waals surface area contributed by atoms with Gasteiger partial charge >= 0.3 is 0 Å². The molecule has 0 amide bonds. The van der Waals surface area contributed by atoms with Crippen molar-refractivity contribution in [3.63, 3.8) is 0 Å². The summed E-state index contributed by atoms with van der Waals surface area (Å²) in [5, 5.41) is 0. The molecular formula is C17H23NO4. The number of hydrogen-bond donors (Lipinski definition) is 0. The average Bonchev–Trinajstić information content (AvgIpc) is 2.96. The Morgan fingerprint density at radius 1 is 1.09 bits per heavy atom. The molecule has 5 heteroatoms. The Hall–Kier alpha value is -2.00. The average molecular weight is 305 g/mol. The molecule has 0 atom stereocenters. The minimum absolute atomic E-state index is 0.0258. The van der Waals surface area contributed by atoms with Crippen LogP contribution in [0.25, 0.3) is 0 Å². The summed E-state index contributed by atoms with van der Waals surface area (Å²) in [5.74, 6) is 1.91. The molecule has 0 heterocycles. The first-order valence-electron chi connectivity index (χ1n) is 7.58. The Morgan fingerprint density at radius 2 is 1.73 bits per heavy atom. The van der Waals surface area contributed by atoms with Crippen molar-refractivity contribution in [1.29, 1.82) is 0 Å². The van der Waals surface area contributed by atoms with Crippen molar-refractivity contribution in [3.8, 4) is 17.2 Å². The molecule has 0 aromatic heterocycles. The molecular weight excluding hydrogens is 282 g/mol. The van der Waals surface area contributed by atoms with Crippen LogP contribution in [-0.2, 0) is 10.3 Å². The number of rotatable bonds is 6. The second-order valence-electron chi connectivity index (χ2n) is 5.81. The molecule has 1 aliphatic rings. The van der Waals surface area contributed by atoms with Gasteiger partial charge in [0, 0.05) is 11.6 Å². The summed E-state index contributed by atoms with van der Waals surface area (Å²) in [6, 6.07) is 3.69. The van der Waals surface area contributed by atoms with Crippen LogP contribution in [0.5, 0.6) is 17.2 Å². The number of benzene rings is 1. The predicted octanol–water partition coefficient (Wildman–Crippen LogP) is 3.60. The fraction of sp³-hybridized carbons (Fsp3) is 0.588. The van der Waals surface area contributed by atoms with Gasteiger partial charge in [-0.05, 0) is 32.8 Å². The molecule has 5 nitrogen and oxygen atoms in total. The van der Waals surface area contributed by atoms with Crippen LogP contribution in [0.2, 0.25) is 0 Å². The summed E-state index contributed by atoms with van der Waals surface area (Å²) in [5.41, 5.74) is 0.306. The van der Waals surface area contributed by atoms with Crippen LogP contribution in [0.1, 0.15) is 45.1 Å². The lowest BCUT2D eigenvalue weighted by Crippen LogP contribution is -2.20. The first-order chi connectivity index (χ1) is 10.6. The number of isocyanates is 1. The van der Waals surface area contributed by atoms with Gasteiger partial charge < -0.3 is 14.2 Å². The minimum Gasteiger partial charge on any atom is -0.496 e. The van der Waals surface area contributed by atoms with E-state index in [2.05, 4.69) is 4.99 Å². The molecule has 22 heavy (non-hydrogen) atoms. The fourth-order valence-electron chi connectivity index (χ4n) is 3.07. The van der Waals surface area contributed by atoms with Crippen LogP contribution in [0.4, 0.5) is 0 Å². The second kappa shape index (κ2) is 6.84. The van der Waals surface area contributed by atoms with Gasteiger partial charge in [0.15, 0.2) is 11.5 Å². The molecule has 1 aliphatic carbocycles. The van der Waals surface area contributed by atoms with E-state index in [0.29, 0.717) is 17.2 Å². The van der Waals surface area contributed by atoms with E-state index in [4.69, 9.17) is 14.2 Å². The third kappa shape index (κ3) is 3.09. The molecule has 1 saturated carbocycles. The number of ether oxygens (including phenoxy) is 3. The highest BCUT2D eigenvalue weighted by Gasteiger charge is 2.39. The summed E-state index contributed by atoms with van der Waals surface area (Å²) in [7, 11) is 3.21. The fourth-order valence-corrected chi connectivity index (χ4v) is 3.07. The van der Waals surface area contributed by atoms with Crippen molar-refractivity contribution >= 4 is 6.08 Å². The van der Waals surface area contributed by atoms with Crippen molar-refractivity contribution in [2.45, 2.75) is 51.2 Å². The largest absolute Gasteiger partial charge is 0.496 e. The molecule has 0 radical (unpaired) electrons. The SMILES string of the molecule is COc1cc(C2(N=C=O)CCCC2)c(OC)cc1OC(C)C. The zero-order chi connectivity index (χ0) is 16.2. The van der Waals surface area contributed by atoms with Crippen molar-refractivity contribution in [2.75, 3.05) is 14.2 Å². The Kier molecular flexibility index (Phi) is 5.09. The van der Waals surface area contributed by atoms with Crippen LogP contribution in [0, 0.1) is 0 Å². The number of aliphatic imine (C=N–C) groups is 1. The highest BCUT2D eigenvalue weighted by molar-refractivity contribution is 5.54. The molecule has 1 fully saturated rings. The Labute approximate surface area is 131 Å². The van der Waals surface area contributed by atoms with Crippen LogP contribution >= 0.6 is 0 Å². The normalized spacial score (nSPS) is 16.2. The van der Waals surface area contributed by atoms with Crippen LogP contribution in [-0.4, -0.2) is 26.4 Å². The van der Waals surface area contributed by atoms with Gasteiger partial charge in [0.1, 0.15) is 11.3 Å². The van der Waals surface area contributed by atoms with Gasteiger partial charge in [-0.15, -0.1) is 0 Å². The molecule has 120 valence electrons. The van der Waals surface area contributed by atoms with Crippen molar-refractivity contribution < 1.29 is 19.0 Å². The van der Waals surface area contributed by atoms with E-state index in [0.717, 1.165) is 31.2 Å². The molecule has 0 bridgehead atoms. The van der Waals surface area contributed by atoms with Gasteiger partial charge in [0.2, 0.25) is 6.08 Å². The van der Waals surface area contributed by atoms with E-state index >= 15 is 0 Å². The predicted molar refractivity (Wildman–Crippen MR) is 83.6 cm³/mol. The standard InChI is InChI=1S/C17H23NO4/c1-12(2)22-16-10-14(20-3)13(9-15(16)21-4)17(18-11-19)7-5-6-8-17/h9-10,12H,5-8H2,1-4H3. The van der Waals surface area contributed by atoms with Gasteiger partial charge in [0.05, 0.1) is 20.3 Å². The highest BCUT2D eigenvalue weighted by atomic mass is 16.5. The number of nitrogens with zero attached hydrogens (tertiary/aromatic N) is 1. The van der Waals surface area contributed by atoms with E-state index in [1.807, 2.05) is 26.0 Å². The Bertz CT molecular complexity index is 570. The summed E-state index contributed by atoms with van der Waals surface area (Å²) in [6.45, 7) is 3.91. The molecule has 0 spiro atoms. The summed E-state index contributed by atoms with van der Waals surface area (Å²) in [6.07, 6.45) is 5.44. The second-order valence-corrected chi connectivity index (χ2v) is 5.81. The number of methoxy groups -OCH3 is 2. The van der Waals surface area contributed by atoms with E-state index in [1.165, 1.54) is 0 Å². The molecule has 2 rings (SSSR count). The summed E-state index contributed by atoms with van der Waals surface area (Å²) in [4.78, 5) is 15.0. The molecule has 0 aliphatic heterocycles. The van der Waals surface area contributed by atoms with Crippen LogP contribution in [0.3, 0.4) is 0 Å². The van der Waals surface area contributed by atoms with Crippen LogP contribution < -0.4 is 14.2 Å². The minimum atomic E-state index is -0.559. The maximum atomic E-state index is 10.9. The van der Waals surface area contributed by atoms with Gasteiger partial charge in [-0.25, -0.2) is 4.79 Å². The molecule has 1 aromatic rings. The first-order valence-corrected chi connectivity index (χ1v) is 7.58. The lowest BCUT2D eigenvalue weighted by molar-refractivity contribution is 0.228. The van der Waals surface area contributed by atoms with E-state index < -0.39 is 5.54 Å². The zero-order valence-electron chi connectivity index (χ0n) is 13.6. The molecule has 0 saturated heterocycles. The lowest BCUT2D eigenvalue weighted by Gasteiger charge is -2.26. The first kappa shape index (κ1) is 16.4. The van der Waals surface area contributed by atoms with Crippen molar-refractivity contribution in [3.05, 3.63) is 17.7 Å². The van der Waals surface area contributed by atoms with Crippen molar-refractivity contribution in [1.82, 2.24) is 0 Å². The van der Waals surface area contributed by atoms with Gasteiger partial charge in [-0.2, -0.15) is 4.99 Å². The van der Waals surface area contributed by atoms with Gasteiger partial charge in [-0.3, -0.25) is 0 Å². The van der Waals surface area contributed by atoms with Gasteiger partial charge in [0.25, 0.3) is 0 Å². The summed E-state index contributed by atoms with van der Waals surface area (Å²) < 4.78 is 16.8. The van der Waals surface area contributed by atoms with Crippen molar-refractivity contribution in [2.24, 2.45) is 4.99 Å². The maximum absolute atomic E-state index is 10.9. The molecule has 0 unspecified atom stereocenters. The zero-order valence-corrected chi connectivity index (χ0v) is 13.6. The Morgan fingerprint density at radius 3 is 2.23 bits per heavy atom. The lowest BCUT2D eigenvalue weighted by atomic mass is 9.87. The third-order valence-corrected chi connectivity index (χ3v) is 4.04. The smallest absolute Gasteiger partial charge is 0.235 e.